The lowest BCUT2D eigenvalue weighted by Gasteiger charge is -2.07. The number of hydrogen-bond acceptors (Lipinski definition) is 3. The number of nitrogens with zero attached hydrogens (tertiary/aromatic N) is 1. The number of Topliss-reactive ketones (excluding diaryl/α,β-unsaturated/α-hetero) is 1. The standard InChI is InChI=1S/C14H14N2O2/c1-9-6-7-11-4-3-5-12(14(11)15-9)16-13(18)8-10(2)17/h3-7H,8H2,1-2H3,(H,16,18). The molecule has 92 valence electrons. The van der Waals surface area contributed by atoms with Gasteiger partial charge >= 0.3 is 0 Å². The van der Waals surface area contributed by atoms with Crippen molar-refractivity contribution in [3.63, 3.8) is 0 Å². The lowest BCUT2D eigenvalue weighted by molar-refractivity contribution is -0.124. The number of para-hydroxylation sites is 1. The van der Waals surface area contributed by atoms with Crippen LogP contribution in [0.2, 0.25) is 0 Å². The van der Waals surface area contributed by atoms with Crippen molar-refractivity contribution >= 4 is 28.3 Å². The number of anilines is 1. The first-order valence-corrected chi connectivity index (χ1v) is 5.72. The molecule has 0 radical (unpaired) electrons. The van der Waals surface area contributed by atoms with E-state index in [9.17, 15) is 9.59 Å². The molecule has 0 saturated carbocycles. The van der Waals surface area contributed by atoms with Gasteiger partial charge in [0.2, 0.25) is 5.91 Å². The van der Waals surface area contributed by atoms with E-state index >= 15 is 0 Å². The lowest BCUT2D eigenvalue weighted by Crippen LogP contribution is -2.15. The molecule has 0 bridgehead atoms. The van der Waals surface area contributed by atoms with Crippen LogP contribution in [0.5, 0.6) is 0 Å². The summed E-state index contributed by atoms with van der Waals surface area (Å²) < 4.78 is 0. The minimum Gasteiger partial charge on any atom is -0.324 e. The molecule has 0 fully saturated rings. The highest BCUT2D eigenvalue weighted by molar-refractivity contribution is 6.07. The Morgan fingerprint density at radius 2 is 2.00 bits per heavy atom. The highest BCUT2D eigenvalue weighted by Crippen LogP contribution is 2.21. The van der Waals surface area contributed by atoms with Gasteiger partial charge in [0.05, 0.1) is 17.6 Å². The van der Waals surface area contributed by atoms with Gasteiger partial charge in [-0.3, -0.25) is 14.6 Å². The molecular formula is C14H14N2O2. The third-order valence-electron chi connectivity index (χ3n) is 2.54. The van der Waals surface area contributed by atoms with E-state index in [2.05, 4.69) is 10.3 Å². The Morgan fingerprint density at radius 3 is 2.72 bits per heavy atom. The molecule has 1 aromatic heterocycles. The fraction of sp³-hybridized carbons (Fsp3) is 0.214. The van der Waals surface area contributed by atoms with Gasteiger partial charge < -0.3 is 5.32 Å². The number of aryl methyl sites for hydroxylation is 1. The van der Waals surface area contributed by atoms with Crippen molar-refractivity contribution in [1.82, 2.24) is 4.98 Å². The van der Waals surface area contributed by atoms with E-state index in [0.717, 1.165) is 16.6 Å². The molecule has 1 heterocycles. The Labute approximate surface area is 105 Å². The second kappa shape index (κ2) is 4.96. The Balaban J connectivity index is 2.35. The second-order valence-corrected chi connectivity index (χ2v) is 4.26. The van der Waals surface area contributed by atoms with Crippen LogP contribution in [0.25, 0.3) is 10.9 Å². The number of amides is 1. The molecule has 4 nitrogen and oxygen atoms in total. The highest BCUT2D eigenvalue weighted by atomic mass is 16.2. The molecule has 0 atom stereocenters. The first-order chi connectivity index (χ1) is 8.56. The third-order valence-corrected chi connectivity index (χ3v) is 2.54. The maximum Gasteiger partial charge on any atom is 0.231 e. The molecule has 1 amide bonds. The fourth-order valence-corrected chi connectivity index (χ4v) is 1.77. The molecule has 2 rings (SSSR count). The molecule has 0 saturated heterocycles. The maximum atomic E-state index is 11.6. The van der Waals surface area contributed by atoms with Crippen molar-refractivity contribution in [1.29, 1.82) is 0 Å². The van der Waals surface area contributed by atoms with Crippen LogP contribution >= 0.6 is 0 Å². The topological polar surface area (TPSA) is 59.1 Å². The summed E-state index contributed by atoms with van der Waals surface area (Å²) >= 11 is 0. The molecule has 0 aliphatic rings. The zero-order chi connectivity index (χ0) is 13.1. The van der Waals surface area contributed by atoms with E-state index in [4.69, 9.17) is 0 Å². The molecule has 18 heavy (non-hydrogen) atoms. The average molecular weight is 242 g/mol. The number of ketones is 1. The number of carbonyl (C=O) groups excluding carboxylic acids is 2. The van der Waals surface area contributed by atoms with E-state index < -0.39 is 0 Å². The Kier molecular flexibility index (Phi) is 3.37. The lowest BCUT2D eigenvalue weighted by atomic mass is 10.1. The molecule has 0 spiro atoms. The SMILES string of the molecule is CC(=O)CC(=O)Nc1cccc2ccc(C)nc12. The van der Waals surface area contributed by atoms with Gasteiger partial charge in [-0.2, -0.15) is 0 Å². The smallest absolute Gasteiger partial charge is 0.231 e. The quantitative estimate of drug-likeness (QED) is 0.841. The van der Waals surface area contributed by atoms with Gasteiger partial charge in [0.25, 0.3) is 0 Å². The maximum absolute atomic E-state index is 11.6. The van der Waals surface area contributed by atoms with Crippen LogP contribution in [-0.4, -0.2) is 16.7 Å². The number of pyridine rings is 1. The van der Waals surface area contributed by atoms with Crippen molar-refractivity contribution in [2.75, 3.05) is 5.32 Å². The summed E-state index contributed by atoms with van der Waals surface area (Å²) in [5.74, 6) is -0.463. The number of hydrogen-bond donors (Lipinski definition) is 1. The summed E-state index contributed by atoms with van der Waals surface area (Å²) in [7, 11) is 0. The molecule has 1 aromatic carbocycles. The van der Waals surface area contributed by atoms with E-state index in [1.807, 2.05) is 31.2 Å². The summed E-state index contributed by atoms with van der Waals surface area (Å²) in [6.45, 7) is 3.29. The van der Waals surface area contributed by atoms with Gasteiger partial charge in [0.15, 0.2) is 0 Å². The van der Waals surface area contributed by atoms with Gasteiger partial charge in [-0.25, -0.2) is 0 Å². The van der Waals surface area contributed by atoms with Crippen LogP contribution in [0.3, 0.4) is 0 Å². The van der Waals surface area contributed by atoms with E-state index in [-0.39, 0.29) is 18.1 Å². The predicted molar refractivity (Wildman–Crippen MR) is 70.4 cm³/mol. The molecular weight excluding hydrogens is 228 g/mol. The Hall–Kier alpha value is -2.23. The third kappa shape index (κ3) is 2.71. The number of carbonyl (C=O) groups is 2. The first kappa shape index (κ1) is 12.2. The molecule has 0 aliphatic heterocycles. The van der Waals surface area contributed by atoms with Crippen molar-refractivity contribution in [3.05, 3.63) is 36.0 Å². The van der Waals surface area contributed by atoms with Crippen molar-refractivity contribution in [2.45, 2.75) is 20.3 Å². The highest BCUT2D eigenvalue weighted by Gasteiger charge is 2.08. The first-order valence-electron chi connectivity index (χ1n) is 5.72. The molecule has 2 aromatic rings. The Bertz CT molecular complexity index is 620. The zero-order valence-corrected chi connectivity index (χ0v) is 10.4. The molecule has 0 aliphatic carbocycles. The average Bonchev–Trinajstić information content (AvgIpc) is 2.28. The normalized spacial score (nSPS) is 10.3. The van der Waals surface area contributed by atoms with E-state index in [0.29, 0.717) is 5.69 Å². The van der Waals surface area contributed by atoms with Gasteiger partial charge in [-0.15, -0.1) is 0 Å². The summed E-state index contributed by atoms with van der Waals surface area (Å²) in [4.78, 5) is 26.9. The minimum absolute atomic E-state index is 0.109. The van der Waals surface area contributed by atoms with Crippen LogP contribution in [-0.2, 0) is 9.59 Å². The van der Waals surface area contributed by atoms with Crippen molar-refractivity contribution in [3.8, 4) is 0 Å². The largest absolute Gasteiger partial charge is 0.324 e. The number of aromatic nitrogens is 1. The zero-order valence-electron chi connectivity index (χ0n) is 10.4. The number of benzene rings is 1. The van der Waals surface area contributed by atoms with E-state index in [1.165, 1.54) is 6.92 Å². The minimum atomic E-state index is -0.307. The Morgan fingerprint density at radius 1 is 1.22 bits per heavy atom. The summed E-state index contributed by atoms with van der Waals surface area (Å²) in [5, 5.41) is 3.68. The monoisotopic (exact) mass is 242 g/mol. The fourth-order valence-electron chi connectivity index (χ4n) is 1.77. The molecule has 1 N–H and O–H groups in total. The van der Waals surface area contributed by atoms with Crippen LogP contribution < -0.4 is 5.32 Å². The molecule has 0 unspecified atom stereocenters. The van der Waals surface area contributed by atoms with Gasteiger partial charge in [-0.05, 0) is 26.0 Å². The summed E-state index contributed by atoms with van der Waals surface area (Å²) in [6.07, 6.45) is -0.109. The van der Waals surface area contributed by atoms with Gasteiger partial charge in [-0.1, -0.05) is 18.2 Å². The van der Waals surface area contributed by atoms with Crippen molar-refractivity contribution < 1.29 is 9.59 Å². The van der Waals surface area contributed by atoms with Gasteiger partial charge in [0, 0.05) is 11.1 Å². The number of fused-ring (bicyclic) bond motifs is 1. The van der Waals surface area contributed by atoms with Crippen LogP contribution in [0, 0.1) is 6.92 Å². The predicted octanol–water partition coefficient (Wildman–Crippen LogP) is 2.46. The van der Waals surface area contributed by atoms with Crippen LogP contribution in [0.15, 0.2) is 30.3 Å². The van der Waals surface area contributed by atoms with Crippen molar-refractivity contribution in [2.24, 2.45) is 0 Å². The second-order valence-electron chi connectivity index (χ2n) is 4.26. The summed E-state index contributed by atoms with van der Waals surface area (Å²) in [5.41, 5.74) is 2.27. The number of nitrogens with one attached hydrogen (secondary N) is 1. The summed E-state index contributed by atoms with van der Waals surface area (Å²) in [6, 6.07) is 9.44. The van der Waals surface area contributed by atoms with Crippen LogP contribution in [0.1, 0.15) is 19.0 Å². The molecule has 4 heteroatoms. The van der Waals surface area contributed by atoms with Crippen LogP contribution in [0.4, 0.5) is 5.69 Å². The number of rotatable bonds is 3. The van der Waals surface area contributed by atoms with Gasteiger partial charge in [0.1, 0.15) is 5.78 Å². The van der Waals surface area contributed by atoms with E-state index in [1.54, 1.807) is 6.07 Å².